The van der Waals surface area contributed by atoms with E-state index < -0.39 is 79.1 Å². The van der Waals surface area contributed by atoms with E-state index in [-0.39, 0.29) is 74.7 Å². The molecule has 1 aromatic carbocycles. The van der Waals surface area contributed by atoms with Gasteiger partial charge in [-0.2, -0.15) is 44.8 Å². The van der Waals surface area contributed by atoms with Crippen LogP contribution in [-0.4, -0.2) is 89.8 Å². The summed E-state index contributed by atoms with van der Waals surface area (Å²) in [6, 6.07) is 3.47. The number of amides is 2. The van der Waals surface area contributed by atoms with Gasteiger partial charge in [-0.1, -0.05) is 0 Å². The van der Waals surface area contributed by atoms with Gasteiger partial charge in [-0.3, -0.25) is 14.6 Å². The van der Waals surface area contributed by atoms with Gasteiger partial charge in [0.05, 0.1) is 29.1 Å². The highest BCUT2D eigenvalue weighted by Crippen LogP contribution is 2.56. The van der Waals surface area contributed by atoms with E-state index in [1.807, 2.05) is 6.07 Å². The Labute approximate surface area is 286 Å². The van der Waals surface area contributed by atoms with Gasteiger partial charge in [0.25, 0.3) is 0 Å². The number of fused-ring (bicyclic) bond motifs is 3. The fraction of sp³-hybridized carbons (Fsp3) is 0.500. The molecule has 2 aromatic rings. The van der Waals surface area contributed by atoms with Crippen LogP contribution < -0.4 is 0 Å². The Hall–Kier alpha value is -4.55. The summed E-state index contributed by atoms with van der Waals surface area (Å²) in [6.45, 7) is -0.289. The average Bonchev–Trinajstić information content (AvgIpc) is 3.63. The van der Waals surface area contributed by atoms with Crippen LogP contribution in [0.15, 0.2) is 41.4 Å². The second-order valence-corrected chi connectivity index (χ2v) is 14.1. The lowest BCUT2D eigenvalue weighted by molar-refractivity contribution is -0.350. The number of carboxylic acid groups (broad SMARTS) is 1. The Bertz CT molecular complexity index is 1860. The van der Waals surface area contributed by atoms with E-state index in [4.69, 9.17) is 15.2 Å². The van der Waals surface area contributed by atoms with Crippen LogP contribution in [0, 0.1) is 17.1 Å². The molecule has 0 bridgehead atoms. The molecule has 2 amide bonds. The molecular weight excluding hydrogens is 753 g/mol. The van der Waals surface area contributed by atoms with Crippen LogP contribution in [0.5, 0.6) is 0 Å². The summed E-state index contributed by atoms with van der Waals surface area (Å²) < 4.78 is 168. The molecule has 284 valence electrons. The molecule has 2 unspecified atom stereocenters. The van der Waals surface area contributed by atoms with Crippen LogP contribution >= 0.6 is 0 Å². The number of carbonyl (C=O) groups excluding carboxylic acids is 2. The van der Waals surface area contributed by atoms with Crippen molar-refractivity contribution in [3.8, 4) is 6.07 Å². The third-order valence-electron chi connectivity index (χ3n) is 9.11. The quantitative estimate of drug-likeness (QED) is 0.309. The molecule has 0 radical (unpaired) electrons. The number of aliphatic carboxylic acids is 1. The molecule has 3 aliphatic rings. The predicted octanol–water partition coefficient (Wildman–Crippen LogP) is 5.26. The van der Waals surface area contributed by atoms with E-state index in [0.717, 1.165) is 24.3 Å². The Morgan fingerprint density at radius 2 is 1.56 bits per heavy atom. The van der Waals surface area contributed by atoms with E-state index in [9.17, 15) is 66.3 Å². The maximum Gasteiger partial charge on any atom is 0.490 e. The van der Waals surface area contributed by atoms with Crippen LogP contribution in [-0.2, 0) is 41.1 Å². The minimum atomic E-state index is -6.45. The number of hydrogen-bond donors (Lipinski definition) is 1. The number of aryl methyl sites for hydroxylation is 1. The second kappa shape index (κ2) is 13.8. The number of benzene rings is 1. The molecule has 2 saturated heterocycles. The summed E-state index contributed by atoms with van der Waals surface area (Å²) in [5.41, 5.74) is -8.51. The molecule has 5 rings (SSSR count). The van der Waals surface area contributed by atoms with Gasteiger partial charge in [-0.05, 0) is 67.1 Å². The first-order chi connectivity index (χ1) is 23.9. The fourth-order valence-corrected chi connectivity index (χ4v) is 9.11. The predicted molar refractivity (Wildman–Crippen MR) is 151 cm³/mol. The topological polar surface area (TPSA) is 149 Å². The van der Waals surface area contributed by atoms with Crippen molar-refractivity contribution in [2.75, 3.05) is 13.1 Å². The lowest BCUT2D eigenvalue weighted by Gasteiger charge is -2.43. The zero-order valence-corrected chi connectivity index (χ0v) is 26.9. The number of hydrogen-bond acceptors (Lipinski definition) is 7. The molecule has 52 heavy (non-hydrogen) atoms. The normalized spacial score (nSPS) is 22.2. The highest BCUT2D eigenvalue weighted by atomic mass is 32.2. The maximum absolute atomic E-state index is 14.9. The van der Waals surface area contributed by atoms with Crippen LogP contribution in [0.2, 0.25) is 0 Å². The van der Waals surface area contributed by atoms with Crippen molar-refractivity contribution in [1.29, 1.82) is 5.26 Å². The molecule has 0 saturated carbocycles. The largest absolute Gasteiger partial charge is 0.490 e. The van der Waals surface area contributed by atoms with Crippen molar-refractivity contribution in [2.45, 2.75) is 84.4 Å². The van der Waals surface area contributed by atoms with Gasteiger partial charge < -0.3 is 14.9 Å². The van der Waals surface area contributed by atoms with E-state index in [0.29, 0.717) is 6.20 Å². The number of rotatable bonds is 6. The van der Waals surface area contributed by atoms with Crippen molar-refractivity contribution >= 4 is 27.6 Å². The first-order valence-electron chi connectivity index (χ1n) is 15.0. The molecule has 22 heteroatoms. The Morgan fingerprint density at radius 3 is 2.08 bits per heavy atom. The van der Waals surface area contributed by atoms with Crippen LogP contribution in [0.4, 0.5) is 48.3 Å². The van der Waals surface area contributed by atoms with Crippen molar-refractivity contribution in [1.82, 2.24) is 14.8 Å². The smallest absolute Gasteiger partial charge is 0.475 e. The number of likely N-dealkylation sites (tertiary alicyclic amines) is 2. The molecule has 1 N–H and O–H groups in total. The molecular formula is C30H25F11N4O6S. The number of nitrogens with zero attached hydrogens (tertiary/aromatic N) is 4. The number of carbonyl (C=O) groups is 3. The highest BCUT2D eigenvalue weighted by molar-refractivity contribution is 7.92. The van der Waals surface area contributed by atoms with E-state index >= 15 is 0 Å². The van der Waals surface area contributed by atoms with Gasteiger partial charge in [0.1, 0.15) is 16.6 Å². The van der Waals surface area contributed by atoms with Crippen LogP contribution in [0.25, 0.3) is 0 Å². The molecule has 3 heterocycles. The number of carboxylic acids is 1. The molecule has 10 nitrogen and oxygen atoms in total. The maximum atomic E-state index is 14.9. The number of halogens is 11. The second-order valence-electron chi connectivity index (χ2n) is 11.9. The number of alkyl halides is 10. The minimum absolute atomic E-state index is 0.00170. The number of nitriles is 1. The third kappa shape index (κ3) is 6.74. The van der Waals surface area contributed by atoms with E-state index in [1.165, 1.54) is 9.80 Å². The molecule has 3 atom stereocenters. The van der Waals surface area contributed by atoms with Crippen LogP contribution in [0.1, 0.15) is 48.9 Å². The lowest BCUT2D eigenvalue weighted by atomic mass is 9.78. The average molecular weight is 779 g/mol. The SMILES string of the molecule is N#CCCN1C(=O)CC[C@H]1C(=O)N1CCC2(S(=O)(=O)c3ccc(F)cc3)c3cnc(C(F)(C(F)(F)F)C(F)(F)F)cc3CCC12.O=C(O)C(F)(F)F. The lowest BCUT2D eigenvalue weighted by Crippen LogP contribution is -2.55. The fourth-order valence-electron chi connectivity index (χ4n) is 6.76. The van der Waals surface area contributed by atoms with Gasteiger partial charge in [0.15, 0.2) is 9.84 Å². The summed E-state index contributed by atoms with van der Waals surface area (Å²) in [6.07, 6.45) is -18.5. The molecule has 1 aliphatic carbocycles. The zero-order valence-electron chi connectivity index (χ0n) is 26.1. The zero-order chi connectivity index (χ0) is 39.2. The van der Waals surface area contributed by atoms with Gasteiger partial charge in [0.2, 0.25) is 11.8 Å². The summed E-state index contributed by atoms with van der Waals surface area (Å²) in [4.78, 5) is 40.5. The highest BCUT2D eigenvalue weighted by Gasteiger charge is 2.75. The van der Waals surface area contributed by atoms with Gasteiger partial charge in [-0.25, -0.2) is 22.0 Å². The number of pyridine rings is 1. The Kier molecular flexibility index (Phi) is 10.7. The summed E-state index contributed by atoms with van der Waals surface area (Å²) in [7, 11) is -4.69. The van der Waals surface area contributed by atoms with Crippen LogP contribution in [0.3, 0.4) is 0 Å². The number of aromatic nitrogens is 1. The van der Waals surface area contributed by atoms with Gasteiger partial charge in [-0.15, -0.1) is 0 Å². The van der Waals surface area contributed by atoms with Crippen molar-refractivity contribution < 1.29 is 76.2 Å². The first kappa shape index (κ1) is 40.2. The van der Waals surface area contributed by atoms with E-state index in [1.54, 1.807) is 0 Å². The standard InChI is InChI=1S/C28H24F8N4O4S.C2HF3O2/c29-17-3-5-18(6-4-17)45(43,44)25-10-13-40(24(42)20-7-9-23(41)39(20)12-1-11-37)22(25)8-2-16-14-21(38-15-19(16)25)26(30,27(31,32)33)28(34,35)36;3-2(4,5)1(6)7/h3-6,14-15,20,22H,1-2,7-10,12-13H2;(H,6,7)/t20-,22?,25?;/m0./s1. The molecule has 2 fully saturated rings. The summed E-state index contributed by atoms with van der Waals surface area (Å²) >= 11 is 0. The number of sulfone groups is 1. The van der Waals surface area contributed by atoms with E-state index in [2.05, 4.69) is 4.98 Å². The summed E-state index contributed by atoms with van der Waals surface area (Å²) in [5, 5.41) is 16.1. The van der Waals surface area contributed by atoms with Crippen molar-refractivity contribution in [2.24, 2.45) is 0 Å². The summed E-state index contributed by atoms with van der Waals surface area (Å²) in [5.74, 6) is -4.57. The van der Waals surface area contributed by atoms with Crippen molar-refractivity contribution in [3.63, 3.8) is 0 Å². The first-order valence-corrected chi connectivity index (χ1v) is 16.4. The van der Waals surface area contributed by atoms with Gasteiger partial charge in [0, 0.05) is 25.7 Å². The third-order valence-corrected chi connectivity index (χ3v) is 11.7. The Balaban J connectivity index is 0.000000785. The Morgan fingerprint density at radius 1 is 0.981 bits per heavy atom. The minimum Gasteiger partial charge on any atom is -0.475 e. The molecule has 2 aliphatic heterocycles. The molecule has 0 spiro atoms. The van der Waals surface area contributed by atoms with Gasteiger partial charge >= 0.3 is 30.2 Å². The monoisotopic (exact) mass is 778 g/mol. The van der Waals surface area contributed by atoms with Crippen molar-refractivity contribution in [3.05, 3.63) is 59.2 Å². The molecule has 1 aromatic heterocycles.